The lowest BCUT2D eigenvalue weighted by molar-refractivity contribution is 0.398. The van der Waals surface area contributed by atoms with Crippen LogP contribution in [0.2, 0.25) is 0 Å². The van der Waals surface area contributed by atoms with Crippen LogP contribution in [0.3, 0.4) is 0 Å². The minimum absolute atomic E-state index is 0.160. The molecule has 1 atom stereocenters. The maximum Gasteiger partial charge on any atom is 0.0743 e. The molecule has 0 bridgehead atoms. The average Bonchev–Trinajstić information content (AvgIpc) is 2.00. The fraction of sp³-hybridized carbons (Fsp3) is 0.818. The number of hydrogen-bond acceptors (Lipinski definition) is 1. The summed E-state index contributed by atoms with van der Waals surface area (Å²) in [5.74, 6) is 2.74. The van der Waals surface area contributed by atoms with Gasteiger partial charge in [0.05, 0.1) is 5.54 Å². The highest BCUT2D eigenvalue weighted by Gasteiger charge is 2.15. The summed E-state index contributed by atoms with van der Waals surface area (Å²) in [5, 5.41) is 3.40. The molecule has 0 saturated carbocycles. The van der Waals surface area contributed by atoms with Crippen molar-refractivity contribution < 1.29 is 0 Å². The van der Waals surface area contributed by atoms with Gasteiger partial charge in [-0.3, -0.25) is 5.32 Å². The predicted octanol–water partition coefficient (Wildman–Crippen LogP) is 2.57. The van der Waals surface area contributed by atoms with E-state index in [0.29, 0.717) is 6.04 Å². The van der Waals surface area contributed by atoms with Crippen LogP contribution < -0.4 is 5.32 Å². The van der Waals surface area contributed by atoms with Gasteiger partial charge in [-0.25, -0.2) is 0 Å². The van der Waals surface area contributed by atoms with Crippen molar-refractivity contribution in [1.29, 1.82) is 0 Å². The van der Waals surface area contributed by atoms with Crippen molar-refractivity contribution in [3.63, 3.8) is 0 Å². The van der Waals surface area contributed by atoms with Crippen LogP contribution in [-0.4, -0.2) is 11.6 Å². The number of unbranched alkanes of at least 4 members (excludes halogenated alkanes) is 1. The van der Waals surface area contributed by atoms with Crippen molar-refractivity contribution in [1.82, 2.24) is 5.32 Å². The van der Waals surface area contributed by atoms with Crippen LogP contribution in [0.5, 0.6) is 0 Å². The Kier molecular flexibility index (Phi) is 5.01. The Morgan fingerprint density at radius 1 is 1.50 bits per heavy atom. The van der Waals surface area contributed by atoms with Crippen LogP contribution >= 0.6 is 0 Å². The minimum atomic E-state index is -0.160. The third-order valence-electron chi connectivity index (χ3n) is 1.96. The lowest BCUT2D eigenvalue weighted by atomic mass is 10.0. The van der Waals surface area contributed by atoms with Gasteiger partial charge >= 0.3 is 0 Å². The van der Waals surface area contributed by atoms with Crippen molar-refractivity contribution in [2.75, 3.05) is 0 Å². The maximum absolute atomic E-state index is 5.37. The fourth-order valence-corrected chi connectivity index (χ4v) is 1.24. The molecule has 0 radical (unpaired) electrons. The zero-order valence-corrected chi connectivity index (χ0v) is 8.78. The van der Waals surface area contributed by atoms with Crippen molar-refractivity contribution in [2.24, 2.45) is 0 Å². The Morgan fingerprint density at radius 3 is 2.50 bits per heavy atom. The third-order valence-corrected chi connectivity index (χ3v) is 1.96. The predicted molar refractivity (Wildman–Crippen MR) is 55.0 cm³/mol. The normalized spacial score (nSPS) is 13.9. The summed E-state index contributed by atoms with van der Waals surface area (Å²) < 4.78 is 0. The van der Waals surface area contributed by atoms with E-state index in [9.17, 15) is 0 Å². The van der Waals surface area contributed by atoms with Gasteiger partial charge in [0, 0.05) is 6.04 Å². The summed E-state index contributed by atoms with van der Waals surface area (Å²) in [4.78, 5) is 0. The van der Waals surface area contributed by atoms with Crippen molar-refractivity contribution >= 4 is 0 Å². The smallest absolute Gasteiger partial charge is 0.0743 e. The van der Waals surface area contributed by atoms with E-state index in [2.05, 4.69) is 25.1 Å². The SMILES string of the molecule is C#CC(C)(C)NC(C)CCCC. The monoisotopic (exact) mass is 167 g/mol. The van der Waals surface area contributed by atoms with Crippen molar-refractivity contribution in [3.05, 3.63) is 0 Å². The topological polar surface area (TPSA) is 12.0 Å². The van der Waals surface area contributed by atoms with Crippen LogP contribution in [0.25, 0.3) is 0 Å². The van der Waals surface area contributed by atoms with Gasteiger partial charge in [0.2, 0.25) is 0 Å². The minimum Gasteiger partial charge on any atom is -0.299 e. The molecule has 0 heterocycles. The average molecular weight is 167 g/mol. The fourth-order valence-electron chi connectivity index (χ4n) is 1.24. The summed E-state index contributed by atoms with van der Waals surface area (Å²) in [5.41, 5.74) is -0.160. The Balaban J connectivity index is 3.69. The Hall–Kier alpha value is -0.480. The number of terminal acetylenes is 1. The second kappa shape index (κ2) is 5.22. The zero-order chi connectivity index (χ0) is 9.61. The first kappa shape index (κ1) is 11.5. The van der Waals surface area contributed by atoms with E-state index in [4.69, 9.17) is 6.42 Å². The van der Waals surface area contributed by atoms with Gasteiger partial charge < -0.3 is 0 Å². The van der Waals surface area contributed by atoms with E-state index in [1.54, 1.807) is 0 Å². The number of nitrogens with one attached hydrogen (secondary N) is 1. The Morgan fingerprint density at radius 2 is 2.08 bits per heavy atom. The van der Waals surface area contributed by atoms with E-state index in [0.717, 1.165) is 0 Å². The second-order valence-electron chi connectivity index (χ2n) is 3.96. The van der Waals surface area contributed by atoms with Crippen molar-refractivity contribution in [3.8, 4) is 12.3 Å². The molecule has 1 unspecified atom stereocenters. The van der Waals surface area contributed by atoms with Gasteiger partial charge in [0.25, 0.3) is 0 Å². The van der Waals surface area contributed by atoms with E-state index in [1.165, 1.54) is 19.3 Å². The van der Waals surface area contributed by atoms with Gasteiger partial charge in [-0.15, -0.1) is 6.42 Å². The van der Waals surface area contributed by atoms with Gasteiger partial charge in [0.15, 0.2) is 0 Å². The first-order chi connectivity index (χ1) is 5.52. The molecular weight excluding hydrogens is 146 g/mol. The molecule has 1 nitrogen and oxygen atoms in total. The molecule has 0 aliphatic carbocycles. The molecule has 1 heteroatoms. The van der Waals surface area contributed by atoms with Crippen molar-refractivity contribution in [2.45, 2.75) is 58.5 Å². The summed E-state index contributed by atoms with van der Waals surface area (Å²) in [7, 11) is 0. The molecule has 0 amide bonds. The zero-order valence-electron chi connectivity index (χ0n) is 8.78. The van der Waals surface area contributed by atoms with E-state index >= 15 is 0 Å². The highest BCUT2D eigenvalue weighted by atomic mass is 15.0. The van der Waals surface area contributed by atoms with Crippen LogP contribution in [0.1, 0.15) is 47.0 Å². The molecule has 0 saturated heterocycles. The molecular formula is C11H21N. The first-order valence-electron chi connectivity index (χ1n) is 4.77. The summed E-state index contributed by atoms with van der Waals surface area (Å²) >= 11 is 0. The van der Waals surface area contributed by atoms with Crippen LogP contribution in [0.4, 0.5) is 0 Å². The summed E-state index contributed by atoms with van der Waals surface area (Å²) in [6.45, 7) is 8.47. The molecule has 0 aliphatic rings. The molecule has 0 fully saturated rings. The molecule has 0 aromatic rings. The van der Waals surface area contributed by atoms with Crippen LogP contribution in [-0.2, 0) is 0 Å². The molecule has 0 aromatic heterocycles. The Bertz CT molecular complexity index is 153. The lowest BCUT2D eigenvalue weighted by Crippen LogP contribution is -2.43. The Labute approximate surface area is 76.9 Å². The van der Waals surface area contributed by atoms with Crippen LogP contribution in [0, 0.1) is 12.3 Å². The van der Waals surface area contributed by atoms with E-state index in [1.807, 2.05) is 13.8 Å². The van der Waals surface area contributed by atoms with Gasteiger partial charge in [0.1, 0.15) is 0 Å². The highest BCUT2D eigenvalue weighted by molar-refractivity contribution is 5.07. The second-order valence-corrected chi connectivity index (χ2v) is 3.96. The number of hydrogen-bond donors (Lipinski definition) is 1. The van der Waals surface area contributed by atoms with E-state index < -0.39 is 0 Å². The molecule has 0 aromatic carbocycles. The van der Waals surface area contributed by atoms with Crippen LogP contribution in [0.15, 0.2) is 0 Å². The third kappa shape index (κ3) is 5.21. The lowest BCUT2D eigenvalue weighted by Gasteiger charge is -2.24. The molecule has 0 spiro atoms. The quantitative estimate of drug-likeness (QED) is 0.621. The van der Waals surface area contributed by atoms with Gasteiger partial charge in [-0.05, 0) is 27.2 Å². The molecule has 0 rings (SSSR count). The first-order valence-corrected chi connectivity index (χ1v) is 4.77. The summed E-state index contributed by atoms with van der Waals surface area (Å²) in [6.07, 6.45) is 9.11. The maximum atomic E-state index is 5.37. The molecule has 12 heavy (non-hydrogen) atoms. The number of rotatable bonds is 5. The largest absolute Gasteiger partial charge is 0.299 e. The highest BCUT2D eigenvalue weighted by Crippen LogP contribution is 2.06. The van der Waals surface area contributed by atoms with Gasteiger partial charge in [-0.2, -0.15) is 0 Å². The standard InChI is InChI=1S/C11H21N/c1-6-8-9-10(3)12-11(4,5)7-2/h2,10,12H,6,8-9H2,1,3-5H3. The van der Waals surface area contributed by atoms with Gasteiger partial charge in [-0.1, -0.05) is 25.7 Å². The molecule has 0 aliphatic heterocycles. The van der Waals surface area contributed by atoms with E-state index in [-0.39, 0.29) is 5.54 Å². The summed E-state index contributed by atoms with van der Waals surface area (Å²) in [6, 6.07) is 0.524. The molecule has 70 valence electrons. The molecule has 1 N–H and O–H groups in total.